The summed E-state index contributed by atoms with van der Waals surface area (Å²) in [5.41, 5.74) is 2.00. The van der Waals surface area contributed by atoms with Crippen molar-refractivity contribution >= 4 is 17.6 Å². The van der Waals surface area contributed by atoms with Gasteiger partial charge in [-0.05, 0) is 30.5 Å². The lowest BCUT2D eigenvalue weighted by atomic mass is 9.85. The number of esters is 1. The minimum Gasteiger partial charge on any atom is -0.480 e. The summed E-state index contributed by atoms with van der Waals surface area (Å²) in [6.07, 6.45) is 0. The second-order valence-electron chi connectivity index (χ2n) is 6.44. The molecule has 0 amide bonds. The summed E-state index contributed by atoms with van der Waals surface area (Å²) in [5, 5.41) is 0.464. The zero-order valence-electron chi connectivity index (χ0n) is 13.9. The van der Waals surface area contributed by atoms with Crippen molar-refractivity contribution < 1.29 is 14.3 Å². The molecule has 0 heterocycles. The number of aryl methyl sites for hydroxylation is 1. The van der Waals surface area contributed by atoms with Crippen LogP contribution in [0.15, 0.2) is 42.5 Å². The Kier molecular flexibility index (Phi) is 5.32. The van der Waals surface area contributed by atoms with Crippen LogP contribution in [0.5, 0.6) is 11.5 Å². The third-order valence-corrected chi connectivity index (χ3v) is 3.66. The van der Waals surface area contributed by atoms with E-state index in [1.54, 1.807) is 24.3 Å². The maximum atomic E-state index is 12.1. The van der Waals surface area contributed by atoms with Crippen molar-refractivity contribution in [2.45, 2.75) is 33.1 Å². The van der Waals surface area contributed by atoms with Gasteiger partial charge in [0.1, 0.15) is 11.5 Å². The van der Waals surface area contributed by atoms with Crippen molar-refractivity contribution in [1.29, 1.82) is 0 Å². The molecule has 0 aliphatic heterocycles. The van der Waals surface area contributed by atoms with E-state index in [9.17, 15) is 4.79 Å². The molecule has 0 bridgehead atoms. The number of benzene rings is 2. The smallest absolute Gasteiger partial charge is 0.349 e. The fourth-order valence-electron chi connectivity index (χ4n) is 2.17. The predicted octanol–water partition coefficient (Wildman–Crippen LogP) is 4.93. The molecule has 0 spiro atoms. The van der Waals surface area contributed by atoms with Crippen LogP contribution < -0.4 is 9.47 Å². The van der Waals surface area contributed by atoms with Crippen LogP contribution in [0.25, 0.3) is 0 Å². The van der Waals surface area contributed by atoms with Crippen LogP contribution in [0.4, 0.5) is 0 Å². The first-order chi connectivity index (χ1) is 10.8. The van der Waals surface area contributed by atoms with Gasteiger partial charge in [-0.25, -0.2) is 4.79 Å². The highest BCUT2D eigenvalue weighted by Gasteiger charge is 2.21. The summed E-state index contributed by atoms with van der Waals surface area (Å²) in [6.45, 7) is 8.07. The summed E-state index contributed by atoms with van der Waals surface area (Å²) >= 11 is 5.99. The molecule has 23 heavy (non-hydrogen) atoms. The number of para-hydroxylation sites is 1. The van der Waals surface area contributed by atoms with Crippen LogP contribution in [0.1, 0.15) is 31.9 Å². The molecular formula is C19H21ClO3. The molecule has 0 saturated heterocycles. The van der Waals surface area contributed by atoms with Crippen molar-refractivity contribution in [1.82, 2.24) is 0 Å². The molecule has 2 aromatic carbocycles. The zero-order valence-corrected chi connectivity index (χ0v) is 14.6. The average Bonchev–Trinajstić information content (AvgIpc) is 2.47. The lowest BCUT2D eigenvalue weighted by Gasteiger charge is -2.22. The maximum Gasteiger partial charge on any atom is 0.349 e. The van der Waals surface area contributed by atoms with Crippen LogP contribution in [0.3, 0.4) is 0 Å². The molecule has 0 fully saturated rings. The first kappa shape index (κ1) is 17.4. The summed E-state index contributed by atoms with van der Waals surface area (Å²) in [4.78, 5) is 12.1. The fraction of sp³-hybridized carbons (Fsp3) is 0.316. The molecule has 0 aliphatic rings. The Morgan fingerprint density at radius 1 is 1.09 bits per heavy atom. The van der Waals surface area contributed by atoms with Crippen LogP contribution in [0, 0.1) is 6.92 Å². The van der Waals surface area contributed by atoms with E-state index in [0.29, 0.717) is 16.5 Å². The van der Waals surface area contributed by atoms with Crippen molar-refractivity contribution in [3.63, 3.8) is 0 Å². The van der Waals surface area contributed by atoms with E-state index in [-0.39, 0.29) is 12.0 Å². The largest absolute Gasteiger partial charge is 0.480 e. The molecule has 0 saturated carbocycles. The van der Waals surface area contributed by atoms with Crippen molar-refractivity contribution in [2.24, 2.45) is 0 Å². The zero-order chi connectivity index (χ0) is 17.0. The lowest BCUT2D eigenvalue weighted by Crippen LogP contribution is -2.21. The number of rotatable bonds is 4. The van der Waals surface area contributed by atoms with Gasteiger partial charge >= 0.3 is 5.97 Å². The SMILES string of the molecule is Cc1ccc(OC(=O)COc2ccccc2Cl)c(C(C)(C)C)c1. The molecule has 0 aromatic heterocycles. The van der Waals surface area contributed by atoms with E-state index in [2.05, 4.69) is 20.8 Å². The summed E-state index contributed by atoms with van der Waals surface area (Å²) in [7, 11) is 0. The summed E-state index contributed by atoms with van der Waals surface area (Å²) in [6, 6.07) is 12.8. The Morgan fingerprint density at radius 3 is 2.43 bits per heavy atom. The Morgan fingerprint density at radius 2 is 1.78 bits per heavy atom. The average molecular weight is 333 g/mol. The number of hydrogen-bond donors (Lipinski definition) is 0. The van der Waals surface area contributed by atoms with E-state index < -0.39 is 5.97 Å². The van der Waals surface area contributed by atoms with E-state index in [4.69, 9.17) is 21.1 Å². The molecule has 0 radical (unpaired) electrons. The van der Waals surface area contributed by atoms with Crippen LogP contribution in [-0.4, -0.2) is 12.6 Å². The monoisotopic (exact) mass is 332 g/mol. The van der Waals surface area contributed by atoms with Gasteiger partial charge in [-0.3, -0.25) is 0 Å². The van der Waals surface area contributed by atoms with Crippen molar-refractivity contribution in [2.75, 3.05) is 6.61 Å². The highest BCUT2D eigenvalue weighted by Crippen LogP contribution is 2.32. The number of hydrogen-bond acceptors (Lipinski definition) is 3. The normalized spacial score (nSPS) is 11.2. The molecule has 122 valence electrons. The van der Waals surface area contributed by atoms with E-state index in [1.165, 1.54) is 0 Å². The third kappa shape index (κ3) is 4.73. The topological polar surface area (TPSA) is 35.5 Å². The van der Waals surface area contributed by atoms with Crippen LogP contribution in [-0.2, 0) is 10.2 Å². The fourth-order valence-corrected chi connectivity index (χ4v) is 2.36. The minimum absolute atomic E-state index is 0.120. The van der Waals surface area contributed by atoms with E-state index in [0.717, 1.165) is 11.1 Å². The number of carbonyl (C=O) groups is 1. The van der Waals surface area contributed by atoms with Gasteiger partial charge in [0.15, 0.2) is 6.61 Å². The highest BCUT2D eigenvalue weighted by molar-refractivity contribution is 6.32. The molecule has 0 unspecified atom stereocenters. The molecule has 4 heteroatoms. The Hall–Kier alpha value is -2.00. The Labute approximate surface area is 142 Å². The first-order valence-corrected chi connectivity index (χ1v) is 7.84. The molecule has 0 N–H and O–H groups in total. The van der Waals surface area contributed by atoms with Gasteiger partial charge in [-0.2, -0.15) is 0 Å². The van der Waals surface area contributed by atoms with Crippen LogP contribution >= 0.6 is 11.6 Å². The first-order valence-electron chi connectivity index (χ1n) is 7.46. The van der Waals surface area contributed by atoms with Crippen molar-refractivity contribution in [3.05, 3.63) is 58.6 Å². The van der Waals surface area contributed by atoms with Crippen molar-refractivity contribution in [3.8, 4) is 11.5 Å². The highest BCUT2D eigenvalue weighted by atomic mass is 35.5. The number of ether oxygens (including phenoxy) is 2. The quantitative estimate of drug-likeness (QED) is 0.588. The third-order valence-electron chi connectivity index (χ3n) is 3.35. The summed E-state index contributed by atoms with van der Waals surface area (Å²) < 4.78 is 10.9. The molecular weight excluding hydrogens is 312 g/mol. The maximum absolute atomic E-state index is 12.1. The number of carbonyl (C=O) groups excluding carboxylic acids is 1. The van der Waals surface area contributed by atoms with Gasteiger partial charge in [0.25, 0.3) is 0 Å². The molecule has 2 rings (SSSR count). The van der Waals surface area contributed by atoms with Gasteiger partial charge < -0.3 is 9.47 Å². The second kappa shape index (κ2) is 7.05. The van der Waals surface area contributed by atoms with E-state index >= 15 is 0 Å². The van der Waals surface area contributed by atoms with Crippen LogP contribution in [0.2, 0.25) is 5.02 Å². The van der Waals surface area contributed by atoms with Gasteiger partial charge in [0.2, 0.25) is 0 Å². The standard InChI is InChI=1S/C19H21ClO3/c1-13-9-10-16(14(11-13)19(2,3)4)23-18(21)12-22-17-8-6-5-7-15(17)20/h5-11H,12H2,1-4H3. The Bertz CT molecular complexity index is 702. The molecule has 0 aliphatic carbocycles. The molecule has 3 nitrogen and oxygen atoms in total. The predicted molar refractivity (Wildman–Crippen MR) is 92.5 cm³/mol. The summed E-state index contributed by atoms with van der Waals surface area (Å²) in [5.74, 6) is 0.571. The van der Waals surface area contributed by atoms with E-state index in [1.807, 2.05) is 25.1 Å². The lowest BCUT2D eigenvalue weighted by molar-refractivity contribution is -0.136. The van der Waals surface area contributed by atoms with Gasteiger partial charge in [-0.15, -0.1) is 0 Å². The molecule has 0 atom stereocenters. The second-order valence-corrected chi connectivity index (χ2v) is 6.85. The Balaban J connectivity index is 2.08. The van der Waals surface area contributed by atoms with Gasteiger partial charge in [0.05, 0.1) is 5.02 Å². The van der Waals surface area contributed by atoms with Gasteiger partial charge in [-0.1, -0.05) is 62.2 Å². The minimum atomic E-state index is -0.459. The van der Waals surface area contributed by atoms with Gasteiger partial charge in [0, 0.05) is 5.56 Å². The number of halogens is 1. The molecule has 2 aromatic rings.